The predicted molar refractivity (Wildman–Crippen MR) is 86.4 cm³/mol. The number of hydrogen-bond donors (Lipinski definition) is 1. The fourth-order valence-electron chi connectivity index (χ4n) is 2.75. The maximum atomic E-state index is 12.4. The van der Waals surface area contributed by atoms with Crippen LogP contribution in [0.1, 0.15) is 44.6 Å². The standard InChI is InChI=1S/C16H26N2O2S/c1-3-15(16-7-5-4-6-8-16)13-17-21(19,20)18-11-9-14(2)10-12-18/h4-8,14-15,17H,3,9-13H2,1-2H3. The number of nitrogens with one attached hydrogen (secondary N) is 1. The summed E-state index contributed by atoms with van der Waals surface area (Å²) in [6.07, 6.45) is 2.83. The highest BCUT2D eigenvalue weighted by molar-refractivity contribution is 7.87. The molecule has 1 aliphatic rings. The first-order chi connectivity index (χ1) is 10.0. The zero-order chi connectivity index (χ0) is 15.3. The lowest BCUT2D eigenvalue weighted by Gasteiger charge is -2.30. The molecule has 1 saturated heterocycles. The predicted octanol–water partition coefficient (Wildman–Crippen LogP) is 2.75. The van der Waals surface area contributed by atoms with E-state index in [0.717, 1.165) is 19.3 Å². The molecular weight excluding hydrogens is 284 g/mol. The molecule has 1 atom stereocenters. The van der Waals surface area contributed by atoms with Crippen molar-refractivity contribution in [3.05, 3.63) is 35.9 Å². The molecule has 0 amide bonds. The second-order valence-corrected chi connectivity index (χ2v) is 7.71. The average Bonchev–Trinajstić information content (AvgIpc) is 2.49. The SMILES string of the molecule is CCC(CNS(=O)(=O)N1CCC(C)CC1)c1ccccc1. The summed E-state index contributed by atoms with van der Waals surface area (Å²) in [5, 5.41) is 0. The van der Waals surface area contributed by atoms with E-state index in [-0.39, 0.29) is 5.92 Å². The lowest BCUT2D eigenvalue weighted by Crippen LogP contribution is -2.45. The maximum absolute atomic E-state index is 12.4. The molecule has 2 rings (SSSR count). The van der Waals surface area contributed by atoms with Gasteiger partial charge in [0, 0.05) is 19.6 Å². The van der Waals surface area contributed by atoms with E-state index in [1.165, 1.54) is 5.56 Å². The van der Waals surface area contributed by atoms with Crippen LogP contribution in [-0.4, -0.2) is 32.4 Å². The van der Waals surface area contributed by atoms with E-state index < -0.39 is 10.2 Å². The van der Waals surface area contributed by atoms with Gasteiger partial charge < -0.3 is 0 Å². The summed E-state index contributed by atoms with van der Waals surface area (Å²) in [6, 6.07) is 10.1. The Bertz CT molecular complexity index is 522. The molecule has 1 fully saturated rings. The van der Waals surface area contributed by atoms with Crippen molar-refractivity contribution in [2.75, 3.05) is 19.6 Å². The first-order valence-electron chi connectivity index (χ1n) is 7.82. The third-order valence-electron chi connectivity index (χ3n) is 4.36. The first-order valence-corrected chi connectivity index (χ1v) is 9.26. The second kappa shape index (κ2) is 7.38. The minimum absolute atomic E-state index is 0.227. The van der Waals surface area contributed by atoms with Crippen molar-refractivity contribution >= 4 is 10.2 Å². The molecule has 0 radical (unpaired) electrons. The molecule has 1 aromatic rings. The summed E-state index contributed by atoms with van der Waals surface area (Å²) in [6.45, 7) is 6.01. The summed E-state index contributed by atoms with van der Waals surface area (Å²) in [5.74, 6) is 0.855. The number of rotatable bonds is 6. The molecule has 1 aromatic carbocycles. The highest BCUT2D eigenvalue weighted by atomic mass is 32.2. The van der Waals surface area contributed by atoms with Crippen LogP contribution >= 0.6 is 0 Å². The Hall–Kier alpha value is -0.910. The molecule has 1 heterocycles. The molecule has 0 aromatic heterocycles. The Kier molecular flexibility index (Phi) is 5.79. The number of nitrogens with zero attached hydrogens (tertiary/aromatic N) is 1. The molecule has 1 unspecified atom stereocenters. The average molecular weight is 310 g/mol. The Labute approximate surface area is 128 Å². The molecule has 0 spiro atoms. The maximum Gasteiger partial charge on any atom is 0.279 e. The van der Waals surface area contributed by atoms with Crippen LogP contribution in [0.3, 0.4) is 0 Å². The summed E-state index contributed by atoms with van der Waals surface area (Å²) >= 11 is 0. The molecule has 4 nitrogen and oxygen atoms in total. The second-order valence-electron chi connectivity index (χ2n) is 5.95. The van der Waals surface area contributed by atoms with Crippen molar-refractivity contribution in [3.63, 3.8) is 0 Å². The van der Waals surface area contributed by atoms with Gasteiger partial charge in [-0.15, -0.1) is 0 Å². The lowest BCUT2D eigenvalue weighted by molar-refractivity contribution is 0.284. The van der Waals surface area contributed by atoms with Gasteiger partial charge in [0.05, 0.1) is 0 Å². The van der Waals surface area contributed by atoms with Gasteiger partial charge in [0.15, 0.2) is 0 Å². The van der Waals surface area contributed by atoms with Gasteiger partial charge in [-0.1, -0.05) is 44.2 Å². The van der Waals surface area contributed by atoms with Crippen molar-refractivity contribution in [2.45, 2.75) is 39.0 Å². The van der Waals surface area contributed by atoms with E-state index in [9.17, 15) is 8.42 Å². The zero-order valence-electron chi connectivity index (χ0n) is 13.0. The summed E-state index contributed by atoms with van der Waals surface area (Å²) in [5.41, 5.74) is 1.19. The zero-order valence-corrected chi connectivity index (χ0v) is 13.8. The first kappa shape index (κ1) is 16.5. The quantitative estimate of drug-likeness (QED) is 0.878. The Morgan fingerprint density at radius 2 is 1.86 bits per heavy atom. The van der Waals surface area contributed by atoms with Gasteiger partial charge in [0.25, 0.3) is 10.2 Å². The van der Waals surface area contributed by atoms with Crippen LogP contribution in [0.25, 0.3) is 0 Å². The molecule has 0 bridgehead atoms. The van der Waals surface area contributed by atoms with E-state index in [4.69, 9.17) is 0 Å². The van der Waals surface area contributed by atoms with Crippen LogP contribution in [0.4, 0.5) is 0 Å². The van der Waals surface area contributed by atoms with Crippen LogP contribution in [0.5, 0.6) is 0 Å². The van der Waals surface area contributed by atoms with Crippen molar-refractivity contribution in [1.82, 2.24) is 9.03 Å². The molecule has 0 saturated carbocycles. The van der Waals surface area contributed by atoms with Gasteiger partial charge in [-0.25, -0.2) is 4.72 Å². The van der Waals surface area contributed by atoms with E-state index in [2.05, 4.69) is 30.7 Å². The van der Waals surface area contributed by atoms with Crippen LogP contribution < -0.4 is 4.72 Å². The molecule has 0 aliphatic carbocycles. The fraction of sp³-hybridized carbons (Fsp3) is 0.625. The van der Waals surface area contributed by atoms with Gasteiger partial charge in [0.1, 0.15) is 0 Å². The Morgan fingerprint density at radius 3 is 2.43 bits per heavy atom. The third-order valence-corrected chi connectivity index (χ3v) is 5.93. The van der Waals surface area contributed by atoms with E-state index >= 15 is 0 Å². The monoisotopic (exact) mass is 310 g/mol. The number of benzene rings is 1. The fourth-order valence-corrected chi connectivity index (χ4v) is 4.03. The van der Waals surface area contributed by atoms with Gasteiger partial charge in [-0.2, -0.15) is 12.7 Å². The minimum Gasteiger partial charge on any atom is -0.202 e. The van der Waals surface area contributed by atoms with E-state index in [1.54, 1.807) is 4.31 Å². The van der Waals surface area contributed by atoms with Crippen LogP contribution in [0.15, 0.2) is 30.3 Å². The molecule has 1 N–H and O–H groups in total. The van der Waals surface area contributed by atoms with Crippen molar-refractivity contribution in [2.24, 2.45) is 5.92 Å². The lowest BCUT2D eigenvalue weighted by atomic mass is 9.97. The minimum atomic E-state index is -3.34. The van der Waals surface area contributed by atoms with Gasteiger partial charge >= 0.3 is 0 Å². The molecule has 1 aliphatic heterocycles. The summed E-state index contributed by atoms with van der Waals surface area (Å²) in [7, 11) is -3.34. The van der Waals surface area contributed by atoms with Gasteiger partial charge in [-0.05, 0) is 36.7 Å². The largest absolute Gasteiger partial charge is 0.279 e. The number of hydrogen-bond acceptors (Lipinski definition) is 2. The van der Waals surface area contributed by atoms with Crippen LogP contribution in [0.2, 0.25) is 0 Å². The van der Waals surface area contributed by atoms with E-state index in [1.807, 2.05) is 18.2 Å². The van der Waals surface area contributed by atoms with Crippen molar-refractivity contribution in [3.8, 4) is 0 Å². The van der Waals surface area contributed by atoms with Crippen molar-refractivity contribution < 1.29 is 8.42 Å². The van der Waals surface area contributed by atoms with Gasteiger partial charge in [-0.3, -0.25) is 0 Å². The molecule has 118 valence electrons. The molecule has 21 heavy (non-hydrogen) atoms. The van der Waals surface area contributed by atoms with Crippen LogP contribution in [0, 0.1) is 5.92 Å². The highest BCUT2D eigenvalue weighted by Crippen LogP contribution is 2.20. The van der Waals surface area contributed by atoms with Gasteiger partial charge in [0.2, 0.25) is 0 Å². The Morgan fingerprint density at radius 1 is 1.24 bits per heavy atom. The Balaban J connectivity index is 1.94. The smallest absolute Gasteiger partial charge is 0.202 e. The summed E-state index contributed by atoms with van der Waals surface area (Å²) < 4.78 is 29.1. The van der Waals surface area contributed by atoms with Crippen LogP contribution in [-0.2, 0) is 10.2 Å². The topological polar surface area (TPSA) is 49.4 Å². The summed E-state index contributed by atoms with van der Waals surface area (Å²) in [4.78, 5) is 0. The normalized spacial score (nSPS) is 19.5. The highest BCUT2D eigenvalue weighted by Gasteiger charge is 2.26. The third kappa shape index (κ3) is 4.53. The molecular formula is C16H26N2O2S. The number of piperidine rings is 1. The molecule has 5 heteroatoms. The van der Waals surface area contributed by atoms with E-state index in [0.29, 0.717) is 25.6 Å². The van der Waals surface area contributed by atoms with Crippen molar-refractivity contribution in [1.29, 1.82) is 0 Å².